The van der Waals surface area contributed by atoms with Gasteiger partial charge in [0.1, 0.15) is 16.9 Å². The number of para-hydroxylation sites is 1. The Bertz CT molecular complexity index is 1220. The largest absolute Gasteiger partial charge is 0.495 e. The van der Waals surface area contributed by atoms with Gasteiger partial charge >= 0.3 is 0 Å². The quantitative estimate of drug-likeness (QED) is 0.502. The SMILES string of the molecule is COc1cc2c(cc1NC(=O)CCN1C(=O)[C@H]3CC=CC[C@@H]3C1=O)oc1ccccc12. The molecule has 0 saturated carbocycles. The second-order valence-corrected chi connectivity index (χ2v) is 7.93. The first-order valence-electron chi connectivity index (χ1n) is 10.4. The number of allylic oxidation sites excluding steroid dienone is 2. The van der Waals surface area contributed by atoms with Crippen LogP contribution in [-0.4, -0.2) is 36.3 Å². The Morgan fingerprint density at radius 2 is 1.77 bits per heavy atom. The van der Waals surface area contributed by atoms with Gasteiger partial charge in [0, 0.05) is 29.8 Å². The summed E-state index contributed by atoms with van der Waals surface area (Å²) in [7, 11) is 1.54. The molecule has 5 rings (SSSR count). The van der Waals surface area contributed by atoms with Gasteiger partial charge in [-0.2, -0.15) is 0 Å². The van der Waals surface area contributed by atoms with Crippen molar-refractivity contribution in [2.75, 3.05) is 19.0 Å². The molecular formula is C24H22N2O5. The molecule has 7 nitrogen and oxygen atoms in total. The summed E-state index contributed by atoms with van der Waals surface area (Å²) < 4.78 is 11.4. The molecule has 2 heterocycles. The highest BCUT2D eigenvalue weighted by Gasteiger charge is 2.46. The van der Waals surface area contributed by atoms with Crippen molar-refractivity contribution in [1.82, 2.24) is 4.90 Å². The van der Waals surface area contributed by atoms with Crippen LogP contribution in [0.15, 0.2) is 53.0 Å². The number of nitrogens with one attached hydrogen (secondary N) is 1. The molecule has 31 heavy (non-hydrogen) atoms. The number of hydrogen-bond acceptors (Lipinski definition) is 5. The van der Waals surface area contributed by atoms with Crippen LogP contribution >= 0.6 is 0 Å². The first-order valence-corrected chi connectivity index (χ1v) is 10.4. The zero-order valence-electron chi connectivity index (χ0n) is 17.1. The minimum absolute atomic E-state index is 0.0195. The van der Waals surface area contributed by atoms with Crippen molar-refractivity contribution >= 4 is 45.3 Å². The second kappa shape index (κ2) is 7.58. The molecule has 1 saturated heterocycles. The maximum atomic E-state index is 12.6. The van der Waals surface area contributed by atoms with Crippen molar-refractivity contribution in [2.24, 2.45) is 11.8 Å². The summed E-state index contributed by atoms with van der Waals surface area (Å²) in [4.78, 5) is 39.0. The number of benzene rings is 2. The number of hydrogen-bond donors (Lipinski definition) is 1. The zero-order valence-corrected chi connectivity index (χ0v) is 17.1. The number of ether oxygens (including phenoxy) is 1. The molecule has 7 heteroatoms. The van der Waals surface area contributed by atoms with Gasteiger partial charge in [0.2, 0.25) is 17.7 Å². The first-order chi connectivity index (χ1) is 15.1. The van der Waals surface area contributed by atoms with E-state index in [1.54, 1.807) is 6.07 Å². The van der Waals surface area contributed by atoms with Gasteiger partial charge in [0.15, 0.2) is 0 Å². The molecule has 2 aromatic carbocycles. The number of anilines is 1. The summed E-state index contributed by atoms with van der Waals surface area (Å²) in [5, 5.41) is 4.70. The van der Waals surface area contributed by atoms with Crippen LogP contribution in [0.4, 0.5) is 5.69 Å². The van der Waals surface area contributed by atoms with E-state index in [4.69, 9.17) is 9.15 Å². The van der Waals surface area contributed by atoms with Gasteiger partial charge in [-0.3, -0.25) is 19.3 Å². The predicted octanol–water partition coefficient (Wildman–Crippen LogP) is 3.87. The molecule has 0 bridgehead atoms. The van der Waals surface area contributed by atoms with Crippen LogP contribution in [0, 0.1) is 11.8 Å². The lowest BCUT2D eigenvalue weighted by atomic mass is 9.85. The molecule has 1 N–H and O–H groups in total. The Morgan fingerprint density at radius 3 is 2.48 bits per heavy atom. The van der Waals surface area contributed by atoms with Crippen molar-refractivity contribution in [3.05, 3.63) is 48.6 Å². The predicted molar refractivity (Wildman–Crippen MR) is 116 cm³/mol. The number of rotatable bonds is 5. The average Bonchev–Trinajstić information content (AvgIpc) is 3.26. The Labute approximate surface area is 178 Å². The Balaban J connectivity index is 1.32. The highest BCUT2D eigenvalue weighted by atomic mass is 16.5. The van der Waals surface area contributed by atoms with Crippen LogP contribution in [0.2, 0.25) is 0 Å². The number of fused-ring (bicyclic) bond motifs is 4. The van der Waals surface area contributed by atoms with Crippen molar-refractivity contribution < 1.29 is 23.5 Å². The zero-order chi connectivity index (χ0) is 21.5. The second-order valence-electron chi connectivity index (χ2n) is 7.93. The molecule has 0 unspecified atom stereocenters. The van der Waals surface area contributed by atoms with Gasteiger partial charge in [-0.25, -0.2) is 0 Å². The monoisotopic (exact) mass is 418 g/mol. The Kier molecular flexibility index (Phi) is 4.73. The van der Waals surface area contributed by atoms with E-state index in [2.05, 4.69) is 5.32 Å². The molecular weight excluding hydrogens is 396 g/mol. The van der Waals surface area contributed by atoms with Crippen molar-refractivity contribution in [3.8, 4) is 5.75 Å². The lowest BCUT2D eigenvalue weighted by Gasteiger charge is -2.15. The van der Waals surface area contributed by atoms with Crippen molar-refractivity contribution in [2.45, 2.75) is 19.3 Å². The van der Waals surface area contributed by atoms with E-state index in [9.17, 15) is 14.4 Å². The fourth-order valence-electron chi connectivity index (χ4n) is 4.53. The molecule has 158 valence electrons. The minimum Gasteiger partial charge on any atom is -0.495 e. The van der Waals surface area contributed by atoms with Crippen LogP contribution in [0.5, 0.6) is 5.75 Å². The number of amides is 3. The molecule has 1 fully saturated rings. The first kappa shape index (κ1) is 19.4. The van der Waals surface area contributed by atoms with E-state index in [-0.39, 0.29) is 42.5 Å². The number of carbonyl (C=O) groups excluding carboxylic acids is 3. The van der Waals surface area contributed by atoms with Gasteiger partial charge in [0.05, 0.1) is 24.6 Å². The molecule has 2 aliphatic rings. The fraction of sp³-hybridized carbons (Fsp3) is 0.292. The summed E-state index contributed by atoms with van der Waals surface area (Å²) in [6.45, 7) is 0.0751. The molecule has 1 aliphatic heterocycles. The molecule has 0 radical (unpaired) electrons. The Morgan fingerprint density at radius 1 is 1.06 bits per heavy atom. The summed E-state index contributed by atoms with van der Waals surface area (Å²) in [5.74, 6) is -0.700. The van der Waals surface area contributed by atoms with E-state index in [0.29, 0.717) is 29.9 Å². The van der Waals surface area contributed by atoms with E-state index in [1.807, 2.05) is 42.5 Å². The highest BCUT2D eigenvalue weighted by Crippen LogP contribution is 2.37. The van der Waals surface area contributed by atoms with Crippen LogP contribution in [0.25, 0.3) is 21.9 Å². The third-order valence-electron chi connectivity index (χ3n) is 6.13. The lowest BCUT2D eigenvalue weighted by molar-refractivity contribution is -0.140. The standard InChI is InChI=1S/C24H22N2O5/c1-30-21-12-17-14-6-4-5-9-19(14)31-20(17)13-18(21)25-22(27)10-11-26-23(28)15-7-2-3-8-16(15)24(26)29/h2-6,9,12-13,15-16H,7-8,10-11H2,1H3,(H,25,27)/t15-,16-/m0/s1. The number of furan rings is 1. The fourth-order valence-corrected chi connectivity index (χ4v) is 4.53. The lowest BCUT2D eigenvalue weighted by Crippen LogP contribution is -2.34. The normalized spacial score (nSPS) is 20.5. The van der Waals surface area contributed by atoms with Gasteiger partial charge in [-0.1, -0.05) is 30.4 Å². The molecule has 3 amide bonds. The number of imide groups is 1. The van der Waals surface area contributed by atoms with Gasteiger partial charge in [0.25, 0.3) is 0 Å². The molecule has 1 aliphatic carbocycles. The van der Waals surface area contributed by atoms with Crippen molar-refractivity contribution in [1.29, 1.82) is 0 Å². The maximum Gasteiger partial charge on any atom is 0.233 e. The van der Waals surface area contributed by atoms with Gasteiger partial charge < -0.3 is 14.5 Å². The Hall–Kier alpha value is -3.61. The summed E-state index contributed by atoms with van der Waals surface area (Å²) in [5.41, 5.74) is 1.87. The molecule has 3 aromatic rings. The van der Waals surface area contributed by atoms with Gasteiger partial charge in [-0.15, -0.1) is 0 Å². The number of likely N-dealkylation sites (tertiary alicyclic amines) is 1. The van der Waals surface area contributed by atoms with E-state index < -0.39 is 0 Å². The van der Waals surface area contributed by atoms with Crippen molar-refractivity contribution in [3.63, 3.8) is 0 Å². The number of carbonyl (C=O) groups is 3. The summed E-state index contributed by atoms with van der Waals surface area (Å²) >= 11 is 0. The smallest absolute Gasteiger partial charge is 0.233 e. The molecule has 1 aromatic heterocycles. The average molecular weight is 418 g/mol. The topological polar surface area (TPSA) is 88.9 Å². The third kappa shape index (κ3) is 3.26. The van der Waals surface area contributed by atoms with Crippen LogP contribution in [0.3, 0.4) is 0 Å². The highest BCUT2D eigenvalue weighted by molar-refractivity contribution is 6.08. The van der Waals surface area contributed by atoms with E-state index >= 15 is 0 Å². The number of methoxy groups -OCH3 is 1. The van der Waals surface area contributed by atoms with E-state index in [1.165, 1.54) is 12.0 Å². The number of nitrogens with zero attached hydrogens (tertiary/aromatic N) is 1. The third-order valence-corrected chi connectivity index (χ3v) is 6.13. The summed E-state index contributed by atoms with van der Waals surface area (Å²) in [6, 6.07) is 11.3. The van der Waals surface area contributed by atoms with Crippen LogP contribution < -0.4 is 10.1 Å². The molecule has 2 atom stereocenters. The van der Waals surface area contributed by atoms with Gasteiger partial charge in [-0.05, 0) is 25.0 Å². The molecule has 0 spiro atoms. The maximum absolute atomic E-state index is 12.6. The minimum atomic E-state index is -0.303. The van der Waals surface area contributed by atoms with E-state index in [0.717, 1.165) is 16.4 Å². The van der Waals surface area contributed by atoms with Crippen LogP contribution in [0.1, 0.15) is 19.3 Å². The summed E-state index contributed by atoms with van der Waals surface area (Å²) in [6.07, 6.45) is 5.09. The van der Waals surface area contributed by atoms with Crippen LogP contribution in [-0.2, 0) is 14.4 Å².